The Morgan fingerprint density at radius 2 is 0.788 bits per heavy atom. The monoisotopic (exact) mass is 849 g/mol. The molecule has 314 valence electrons. The molecule has 3 aromatic heterocycles. The van der Waals surface area contributed by atoms with E-state index in [4.69, 9.17) is 19.9 Å². The fourth-order valence-corrected chi connectivity index (χ4v) is 9.72. The standard InChI is InChI=1S/C59H43N7/c1-59(2)49-38-45(64(41-20-10-4-11-21-41)42-22-12-5-13-23-42)28-33-52(49)66(53-34-29-46(39-50(53)59)65(43-24-14-6-15-25-43)44-26-16-7-17-27-44)54-35-31-48-56-55(60-36-37-61-56)47-30-32-51(40-18-8-3-9-19-40)62-57(47)58(48)63-54/h3-39H,1-2H3. The molecule has 0 radical (unpaired) electrons. The summed E-state index contributed by atoms with van der Waals surface area (Å²) in [7, 11) is 0. The molecule has 0 atom stereocenters. The molecule has 7 nitrogen and oxygen atoms in total. The number of pyridine rings is 2. The molecular weight excluding hydrogens is 807 g/mol. The van der Waals surface area contributed by atoms with Gasteiger partial charge in [0.15, 0.2) is 0 Å². The molecule has 0 spiro atoms. The van der Waals surface area contributed by atoms with Crippen LogP contribution in [0, 0.1) is 0 Å². The first kappa shape index (κ1) is 39.0. The summed E-state index contributed by atoms with van der Waals surface area (Å²) in [6.07, 6.45) is 3.50. The Balaban J connectivity index is 1.11. The van der Waals surface area contributed by atoms with Crippen molar-refractivity contribution < 1.29 is 0 Å². The molecule has 11 aromatic rings. The van der Waals surface area contributed by atoms with E-state index >= 15 is 0 Å². The maximum atomic E-state index is 5.64. The maximum absolute atomic E-state index is 5.64. The summed E-state index contributed by atoms with van der Waals surface area (Å²) in [5.74, 6) is 0.781. The summed E-state index contributed by atoms with van der Waals surface area (Å²) in [5.41, 5.74) is 15.5. The van der Waals surface area contributed by atoms with Crippen molar-refractivity contribution in [1.29, 1.82) is 0 Å². The van der Waals surface area contributed by atoms with Crippen molar-refractivity contribution in [2.24, 2.45) is 0 Å². The molecule has 0 bridgehead atoms. The summed E-state index contributed by atoms with van der Waals surface area (Å²) < 4.78 is 0. The Bertz CT molecular complexity index is 3350. The van der Waals surface area contributed by atoms with Crippen LogP contribution in [-0.4, -0.2) is 19.9 Å². The van der Waals surface area contributed by atoms with E-state index in [1.165, 1.54) is 11.1 Å². The molecule has 0 amide bonds. The van der Waals surface area contributed by atoms with Crippen molar-refractivity contribution in [3.8, 4) is 11.3 Å². The summed E-state index contributed by atoms with van der Waals surface area (Å²) >= 11 is 0. The average molecular weight is 850 g/mol. The van der Waals surface area contributed by atoms with Crippen molar-refractivity contribution in [2.45, 2.75) is 19.3 Å². The second kappa shape index (κ2) is 15.8. The Hall–Kier alpha value is -8.68. The Morgan fingerprint density at radius 3 is 1.24 bits per heavy atom. The topological polar surface area (TPSA) is 61.3 Å². The summed E-state index contributed by atoms with van der Waals surface area (Å²) in [6, 6.07) is 74.9. The van der Waals surface area contributed by atoms with Gasteiger partial charge in [0, 0.05) is 68.3 Å². The van der Waals surface area contributed by atoms with E-state index < -0.39 is 5.41 Å². The lowest BCUT2D eigenvalue weighted by Gasteiger charge is -2.43. The Kier molecular flexibility index (Phi) is 9.35. The summed E-state index contributed by atoms with van der Waals surface area (Å²) in [5, 5.41) is 1.81. The zero-order valence-corrected chi connectivity index (χ0v) is 36.5. The molecule has 0 fully saturated rings. The van der Waals surface area contributed by atoms with Crippen molar-refractivity contribution in [3.63, 3.8) is 0 Å². The van der Waals surface area contributed by atoms with Crippen LogP contribution in [0.1, 0.15) is 25.0 Å². The quantitative estimate of drug-likeness (QED) is 0.141. The third-order valence-electron chi connectivity index (χ3n) is 12.9. The van der Waals surface area contributed by atoms with Gasteiger partial charge in [-0.25, -0.2) is 9.97 Å². The molecule has 0 saturated carbocycles. The Morgan fingerprint density at radius 1 is 0.379 bits per heavy atom. The number of anilines is 9. The van der Waals surface area contributed by atoms with Gasteiger partial charge in [0.05, 0.1) is 33.6 Å². The van der Waals surface area contributed by atoms with Crippen LogP contribution in [0.4, 0.5) is 51.3 Å². The number of aromatic nitrogens is 4. The highest BCUT2D eigenvalue weighted by Gasteiger charge is 2.39. The van der Waals surface area contributed by atoms with Crippen LogP contribution in [0.2, 0.25) is 0 Å². The fourth-order valence-electron chi connectivity index (χ4n) is 9.72. The van der Waals surface area contributed by atoms with Crippen LogP contribution in [0.15, 0.2) is 225 Å². The molecular formula is C59H43N7. The van der Waals surface area contributed by atoms with Crippen molar-refractivity contribution in [3.05, 3.63) is 236 Å². The molecule has 12 rings (SSSR count). The van der Waals surface area contributed by atoms with Gasteiger partial charge < -0.3 is 9.80 Å². The van der Waals surface area contributed by atoms with E-state index in [9.17, 15) is 0 Å². The Labute approximate surface area is 383 Å². The number of hydrogen-bond donors (Lipinski definition) is 0. The number of nitrogens with zero attached hydrogens (tertiary/aromatic N) is 7. The van der Waals surface area contributed by atoms with Gasteiger partial charge in [0.25, 0.3) is 0 Å². The minimum absolute atomic E-state index is 0.452. The van der Waals surface area contributed by atoms with Crippen LogP contribution in [0.3, 0.4) is 0 Å². The molecule has 8 aromatic carbocycles. The van der Waals surface area contributed by atoms with E-state index in [2.05, 4.69) is 223 Å². The lowest BCUT2D eigenvalue weighted by Crippen LogP contribution is -2.31. The van der Waals surface area contributed by atoms with Gasteiger partial charge in [-0.15, -0.1) is 0 Å². The second-order valence-corrected chi connectivity index (χ2v) is 17.2. The molecule has 0 unspecified atom stereocenters. The minimum Gasteiger partial charge on any atom is -0.310 e. The largest absolute Gasteiger partial charge is 0.310 e. The normalized spacial score (nSPS) is 12.8. The van der Waals surface area contributed by atoms with Crippen molar-refractivity contribution >= 4 is 84.2 Å². The highest BCUT2D eigenvalue weighted by atomic mass is 15.2. The first-order valence-corrected chi connectivity index (χ1v) is 22.3. The molecule has 0 saturated heterocycles. The molecule has 66 heavy (non-hydrogen) atoms. The lowest BCUT2D eigenvalue weighted by atomic mass is 9.73. The minimum atomic E-state index is -0.452. The van der Waals surface area contributed by atoms with Gasteiger partial charge in [-0.2, -0.15) is 0 Å². The average Bonchev–Trinajstić information content (AvgIpc) is 3.38. The van der Waals surface area contributed by atoms with Crippen LogP contribution in [0.25, 0.3) is 44.1 Å². The molecule has 7 heteroatoms. The molecule has 4 heterocycles. The fraction of sp³-hybridized carbons (Fsp3) is 0.0508. The van der Waals surface area contributed by atoms with Crippen LogP contribution >= 0.6 is 0 Å². The highest BCUT2D eigenvalue weighted by molar-refractivity contribution is 6.21. The third kappa shape index (κ3) is 6.51. The van der Waals surface area contributed by atoms with Gasteiger partial charge >= 0.3 is 0 Å². The lowest BCUT2D eigenvalue weighted by molar-refractivity contribution is 0.631. The number of benzene rings is 8. The predicted octanol–water partition coefficient (Wildman–Crippen LogP) is 15.4. The SMILES string of the molecule is CC1(C)c2cc(N(c3ccccc3)c3ccccc3)ccc2N(c2ccc3c4nccnc4c4ccc(-c5ccccc5)nc4c3n2)c2ccc(N(c3ccccc3)c3ccccc3)cc21. The number of para-hydroxylation sites is 4. The molecule has 1 aliphatic rings. The number of hydrogen-bond acceptors (Lipinski definition) is 7. The van der Waals surface area contributed by atoms with Gasteiger partial charge in [0.2, 0.25) is 0 Å². The number of rotatable bonds is 8. The van der Waals surface area contributed by atoms with Crippen LogP contribution < -0.4 is 14.7 Å². The van der Waals surface area contributed by atoms with Gasteiger partial charge in [-0.3, -0.25) is 14.9 Å². The van der Waals surface area contributed by atoms with Gasteiger partial charge in [-0.1, -0.05) is 117 Å². The first-order valence-electron chi connectivity index (χ1n) is 22.3. The van der Waals surface area contributed by atoms with Gasteiger partial charge in [0.1, 0.15) is 11.3 Å². The van der Waals surface area contributed by atoms with E-state index in [1.54, 1.807) is 12.4 Å². The van der Waals surface area contributed by atoms with Gasteiger partial charge in [-0.05, 0) is 120 Å². The van der Waals surface area contributed by atoms with E-state index in [0.29, 0.717) is 0 Å². The van der Waals surface area contributed by atoms with E-state index in [-0.39, 0.29) is 0 Å². The molecule has 0 N–H and O–H groups in total. The smallest absolute Gasteiger partial charge is 0.138 e. The van der Waals surface area contributed by atoms with Crippen LogP contribution in [-0.2, 0) is 5.41 Å². The summed E-state index contributed by atoms with van der Waals surface area (Å²) in [6.45, 7) is 4.70. The van der Waals surface area contributed by atoms with Crippen molar-refractivity contribution in [1.82, 2.24) is 19.9 Å². The second-order valence-electron chi connectivity index (χ2n) is 17.2. The van der Waals surface area contributed by atoms with Crippen molar-refractivity contribution in [2.75, 3.05) is 14.7 Å². The maximum Gasteiger partial charge on any atom is 0.138 e. The van der Waals surface area contributed by atoms with Crippen LogP contribution in [0.5, 0.6) is 0 Å². The molecule has 0 aliphatic carbocycles. The highest BCUT2D eigenvalue weighted by Crippen LogP contribution is 2.55. The summed E-state index contributed by atoms with van der Waals surface area (Å²) in [4.78, 5) is 27.7. The van der Waals surface area contributed by atoms with E-state index in [1.807, 2.05) is 18.2 Å². The third-order valence-corrected chi connectivity index (χ3v) is 12.9. The zero-order chi connectivity index (χ0) is 44.2. The molecule has 1 aliphatic heterocycles. The number of fused-ring (bicyclic) bond motifs is 8. The first-order chi connectivity index (χ1) is 32.5. The zero-order valence-electron chi connectivity index (χ0n) is 36.5. The van der Waals surface area contributed by atoms with E-state index in [0.717, 1.165) is 95.4 Å². The predicted molar refractivity (Wildman–Crippen MR) is 272 cm³/mol.